The fourth-order valence-corrected chi connectivity index (χ4v) is 4.13. The first-order valence-corrected chi connectivity index (χ1v) is 9.20. The third-order valence-corrected chi connectivity index (χ3v) is 5.24. The van der Waals surface area contributed by atoms with Crippen molar-refractivity contribution in [2.75, 3.05) is 0 Å². The van der Waals surface area contributed by atoms with Crippen LogP contribution in [0.3, 0.4) is 0 Å². The molecule has 0 aliphatic carbocycles. The second-order valence-corrected chi connectivity index (χ2v) is 7.74. The number of rotatable bonds is 4. The summed E-state index contributed by atoms with van der Waals surface area (Å²) in [6.45, 7) is 5.64. The van der Waals surface area contributed by atoms with Gasteiger partial charge in [-0.15, -0.1) is 22.7 Å². The summed E-state index contributed by atoms with van der Waals surface area (Å²) in [5, 5.41) is 12.4. The van der Waals surface area contributed by atoms with Gasteiger partial charge in [0.25, 0.3) is 0 Å². The number of thiazole rings is 1. The SMILES string of the molecule is Cc1sc(C(=O)OC(C)C)cc1-c1nc(-c2cccc(O)c2)cs1. The lowest BCUT2D eigenvalue weighted by molar-refractivity contribution is 0.0384. The van der Waals surface area contributed by atoms with E-state index in [-0.39, 0.29) is 17.8 Å². The number of thiophene rings is 1. The van der Waals surface area contributed by atoms with E-state index in [1.165, 1.54) is 22.7 Å². The van der Waals surface area contributed by atoms with Crippen molar-refractivity contribution in [2.24, 2.45) is 0 Å². The van der Waals surface area contributed by atoms with Crippen molar-refractivity contribution >= 4 is 28.6 Å². The second-order valence-electron chi connectivity index (χ2n) is 5.62. The minimum Gasteiger partial charge on any atom is -0.508 e. The molecule has 0 amide bonds. The Bertz CT molecular complexity index is 880. The lowest BCUT2D eigenvalue weighted by Crippen LogP contribution is -2.09. The molecule has 0 aliphatic rings. The third kappa shape index (κ3) is 3.49. The molecule has 0 saturated heterocycles. The van der Waals surface area contributed by atoms with E-state index >= 15 is 0 Å². The zero-order chi connectivity index (χ0) is 17.3. The van der Waals surface area contributed by atoms with Gasteiger partial charge in [-0.2, -0.15) is 0 Å². The molecule has 3 aromatic rings. The molecule has 1 aromatic carbocycles. The molecule has 0 unspecified atom stereocenters. The van der Waals surface area contributed by atoms with E-state index in [9.17, 15) is 9.90 Å². The van der Waals surface area contributed by atoms with E-state index in [4.69, 9.17) is 4.74 Å². The number of nitrogens with zero attached hydrogens (tertiary/aromatic N) is 1. The quantitative estimate of drug-likeness (QED) is 0.657. The van der Waals surface area contributed by atoms with Crippen LogP contribution in [0.4, 0.5) is 0 Å². The van der Waals surface area contributed by atoms with Crippen LogP contribution in [-0.4, -0.2) is 22.2 Å². The topological polar surface area (TPSA) is 59.4 Å². The normalized spacial score (nSPS) is 11.0. The van der Waals surface area contributed by atoms with Gasteiger partial charge in [-0.1, -0.05) is 12.1 Å². The summed E-state index contributed by atoms with van der Waals surface area (Å²) < 4.78 is 5.25. The summed E-state index contributed by atoms with van der Waals surface area (Å²) in [5.41, 5.74) is 2.62. The van der Waals surface area contributed by atoms with Gasteiger partial charge >= 0.3 is 5.97 Å². The number of carbonyl (C=O) groups is 1. The minimum atomic E-state index is -0.297. The van der Waals surface area contributed by atoms with Crippen molar-refractivity contribution in [2.45, 2.75) is 26.9 Å². The highest BCUT2D eigenvalue weighted by Crippen LogP contribution is 2.35. The lowest BCUT2D eigenvalue weighted by Gasteiger charge is -2.05. The van der Waals surface area contributed by atoms with Gasteiger partial charge in [-0.3, -0.25) is 0 Å². The Balaban J connectivity index is 1.90. The number of aromatic hydroxyl groups is 1. The van der Waals surface area contributed by atoms with Gasteiger partial charge in [0.2, 0.25) is 0 Å². The van der Waals surface area contributed by atoms with Crippen molar-refractivity contribution < 1.29 is 14.6 Å². The van der Waals surface area contributed by atoms with Crippen LogP contribution < -0.4 is 0 Å². The second kappa shape index (κ2) is 6.75. The van der Waals surface area contributed by atoms with Crippen molar-refractivity contribution in [1.29, 1.82) is 0 Å². The van der Waals surface area contributed by atoms with Gasteiger partial charge in [-0.05, 0) is 39.0 Å². The predicted octanol–water partition coefficient (Wildman–Crippen LogP) is 5.12. The van der Waals surface area contributed by atoms with Gasteiger partial charge in [0, 0.05) is 21.4 Å². The molecular weight excluding hydrogens is 342 g/mol. The molecule has 0 bridgehead atoms. The average Bonchev–Trinajstić information content (AvgIpc) is 3.13. The van der Waals surface area contributed by atoms with E-state index in [1.807, 2.05) is 38.3 Å². The first kappa shape index (κ1) is 16.7. The van der Waals surface area contributed by atoms with Crippen LogP contribution in [0, 0.1) is 6.92 Å². The van der Waals surface area contributed by atoms with Gasteiger partial charge in [0.1, 0.15) is 15.6 Å². The van der Waals surface area contributed by atoms with Crippen molar-refractivity contribution in [3.8, 4) is 27.6 Å². The van der Waals surface area contributed by atoms with Crippen LogP contribution in [0.15, 0.2) is 35.7 Å². The van der Waals surface area contributed by atoms with E-state index < -0.39 is 0 Å². The zero-order valence-electron chi connectivity index (χ0n) is 13.6. The smallest absolute Gasteiger partial charge is 0.348 e. The Morgan fingerprint density at radius 1 is 1.29 bits per heavy atom. The highest BCUT2D eigenvalue weighted by Gasteiger charge is 2.18. The molecule has 0 fully saturated rings. The Kier molecular flexibility index (Phi) is 4.69. The summed E-state index contributed by atoms with van der Waals surface area (Å²) in [6, 6.07) is 8.86. The number of benzene rings is 1. The molecule has 24 heavy (non-hydrogen) atoms. The number of phenolic OH excluding ortho intramolecular Hbond substituents is 1. The van der Waals surface area contributed by atoms with Gasteiger partial charge in [-0.25, -0.2) is 9.78 Å². The van der Waals surface area contributed by atoms with Crippen molar-refractivity contribution in [1.82, 2.24) is 4.98 Å². The Morgan fingerprint density at radius 2 is 2.08 bits per heavy atom. The summed E-state index contributed by atoms with van der Waals surface area (Å²) in [4.78, 5) is 18.3. The maximum Gasteiger partial charge on any atom is 0.348 e. The molecule has 4 nitrogen and oxygen atoms in total. The standard InChI is InChI=1S/C18H17NO3S2/c1-10(2)22-18(21)16-8-14(11(3)24-16)17-19-15(9-23-17)12-5-4-6-13(20)7-12/h4-10,20H,1-3H3. The summed E-state index contributed by atoms with van der Waals surface area (Å²) in [5.74, 6) is -0.0819. The van der Waals surface area contributed by atoms with Crippen LogP contribution in [-0.2, 0) is 4.74 Å². The fourth-order valence-electron chi connectivity index (χ4n) is 2.26. The highest BCUT2D eigenvalue weighted by atomic mass is 32.1. The maximum absolute atomic E-state index is 12.1. The van der Waals surface area contributed by atoms with Crippen molar-refractivity contribution in [3.05, 3.63) is 45.5 Å². The summed E-state index contributed by atoms with van der Waals surface area (Å²) in [6.07, 6.45) is -0.138. The Labute approximate surface area is 148 Å². The van der Waals surface area contributed by atoms with Gasteiger partial charge in [0.15, 0.2) is 0 Å². The Hall–Kier alpha value is -2.18. The van der Waals surface area contributed by atoms with Crippen LogP contribution in [0.1, 0.15) is 28.4 Å². The first-order chi connectivity index (χ1) is 11.4. The maximum atomic E-state index is 12.1. The number of ether oxygens (including phenoxy) is 1. The fraction of sp³-hybridized carbons (Fsp3) is 0.222. The van der Waals surface area contributed by atoms with Crippen LogP contribution in [0.2, 0.25) is 0 Å². The number of hydrogen-bond acceptors (Lipinski definition) is 6. The summed E-state index contributed by atoms with van der Waals surface area (Å²) in [7, 11) is 0. The van der Waals surface area contributed by atoms with E-state index in [2.05, 4.69) is 4.98 Å². The van der Waals surface area contributed by atoms with E-state index in [0.29, 0.717) is 4.88 Å². The molecule has 124 valence electrons. The van der Waals surface area contributed by atoms with Gasteiger partial charge < -0.3 is 9.84 Å². The molecule has 3 rings (SSSR count). The number of aromatic nitrogens is 1. The minimum absolute atomic E-state index is 0.138. The zero-order valence-corrected chi connectivity index (χ0v) is 15.2. The average molecular weight is 359 g/mol. The molecule has 1 N–H and O–H groups in total. The first-order valence-electron chi connectivity index (χ1n) is 7.50. The predicted molar refractivity (Wildman–Crippen MR) is 97.8 cm³/mol. The number of esters is 1. The molecule has 2 aromatic heterocycles. The molecule has 0 atom stereocenters. The third-order valence-electron chi connectivity index (χ3n) is 3.34. The van der Waals surface area contributed by atoms with E-state index in [1.54, 1.807) is 18.2 Å². The number of aryl methyl sites for hydroxylation is 1. The largest absolute Gasteiger partial charge is 0.508 e. The van der Waals surface area contributed by atoms with Crippen LogP contribution in [0.5, 0.6) is 5.75 Å². The van der Waals surface area contributed by atoms with Crippen LogP contribution in [0.25, 0.3) is 21.8 Å². The molecule has 6 heteroatoms. The highest BCUT2D eigenvalue weighted by molar-refractivity contribution is 7.16. The molecule has 0 saturated carbocycles. The number of phenols is 1. The molecule has 0 radical (unpaired) electrons. The molecular formula is C18H17NO3S2. The molecule has 2 heterocycles. The Morgan fingerprint density at radius 3 is 2.79 bits per heavy atom. The van der Waals surface area contributed by atoms with Gasteiger partial charge in [0.05, 0.1) is 11.8 Å². The molecule has 0 spiro atoms. The van der Waals surface area contributed by atoms with Crippen LogP contribution >= 0.6 is 22.7 Å². The monoisotopic (exact) mass is 359 g/mol. The van der Waals surface area contributed by atoms with Crippen molar-refractivity contribution in [3.63, 3.8) is 0 Å². The summed E-state index contributed by atoms with van der Waals surface area (Å²) >= 11 is 2.94. The van der Waals surface area contributed by atoms with E-state index in [0.717, 1.165) is 26.7 Å². The number of hydrogen-bond donors (Lipinski definition) is 1. The lowest BCUT2D eigenvalue weighted by atomic mass is 10.1. The molecule has 0 aliphatic heterocycles. The number of carbonyl (C=O) groups excluding carboxylic acids is 1.